The van der Waals surface area contributed by atoms with Crippen LogP contribution in [0.25, 0.3) is 0 Å². The average Bonchev–Trinajstić information content (AvgIpc) is 2.34. The van der Waals surface area contributed by atoms with E-state index < -0.39 is 6.10 Å². The molecule has 0 unspecified atom stereocenters. The lowest BCUT2D eigenvalue weighted by Crippen LogP contribution is -1.94. The zero-order valence-electron chi connectivity index (χ0n) is 10.2. The summed E-state index contributed by atoms with van der Waals surface area (Å²) in [5.74, 6) is 1.03. The Morgan fingerprint density at radius 2 is 2.06 bits per heavy atom. The molecular formula is C14H14ClNO2. The topological polar surface area (TPSA) is 42.4 Å². The number of aliphatic hydroxyl groups is 1. The van der Waals surface area contributed by atoms with Crippen molar-refractivity contribution in [3.05, 3.63) is 52.7 Å². The molecule has 0 aliphatic heterocycles. The largest absolute Gasteiger partial charge is 0.437 e. The Kier molecular flexibility index (Phi) is 3.84. The van der Waals surface area contributed by atoms with Crippen molar-refractivity contribution in [2.24, 2.45) is 0 Å². The third-order valence-corrected chi connectivity index (χ3v) is 2.86. The highest BCUT2D eigenvalue weighted by Crippen LogP contribution is 2.29. The second-order valence-corrected chi connectivity index (χ2v) is 4.55. The van der Waals surface area contributed by atoms with Gasteiger partial charge in [-0.05, 0) is 43.2 Å². The summed E-state index contributed by atoms with van der Waals surface area (Å²) in [6.45, 7) is 3.65. The maximum atomic E-state index is 9.38. The van der Waals surface area contributed by atoms with Gasteiger partial charge in [0, 0.05) is 12.3 Å². The molecule has 0 radical (unpaired) electrons. The van der Waals surface area contributed by atoms with Gasteiger partial charge >= 0.3 is 0 Å². The van der Waals surface area contributed by atoms with Crippen LogP contribution in [0.5, 0.6) is 11.6 Å². The second-order valence-electron chi connectivity index (χ2n) is 4.14. The van der Waals surface area contributed by atoms with E-state index in [4.69, 9.17) is 16.3 Å². The Morgan fingerprint density at radius 1 is 1.28 bits per heavy atom. The highest BCUT2D eigenvalue weighted by molar-refractivity contribution is 6.32. The van der Waals surface area contributed by atoms with Gasteiger partial charge in [-0.3, -0.25) is 0 Å². The molecule has 4 heteroatoms. The number of ether oxygens (including phenoxy) is 1. The standard InChI is InChI=1S/C14H14ClNO2/c1-9-3-5-12(15)13(7-9)18-14-6-4-11(8-16-14)10(2)17/h3-8,10,17H,1-2H3/t10-/m1/s1. The summed E-state index contributed by atoms with van der Waals surface area (Å²) in [6.07, 6.45) is 1.05. The molecule has 1 N–H and O–H groups in total. The summed E-state index contributed by atoms with van der Waals surface area (Å²) in [4.78, 5) is 4.13. The second kappa shape index (κ2) is 5.38. The maximum absolute atomic E-state index is 9.38. The first-order valence-corrected chi connectivity index (χ1v) is 6.02. The van der Waals surface area contributed by atoms with E-state index >= 15 is 0 Å². The summed E-state index contributed by atoms with van der Waals surface area (Å²) in [7, 11) is 0. The molecule has 1 aromatic heterocycles. The van der Waals surface area contributed by atoms with E-state index in [-0.39, 0.29) is 0 Å². The quantitative estimate of drug-likeness (QED) is 0.914. The fraction of sp³-hybridized carbons (Fsp3) is 0.214. The number of pyridine rings is 1. The van der Waals surface area contributed by atoms with Crippen LogP contribution in [0.15, 0.2) is 36.5 Å². The van der Waals surface area contributed by atoms with Gasteiger partial charge in [0.1, 0.15) is 5.75 Å². The maximum Gasteiger partial charge on any atom is 0.219 e. The molecule has 1 heterocycles. The number of aliphatic hydroxyl groups excluding tert-OH is 1. The van der Waals surface area contributed by atoms with E-state index in [0.29, 0.717) is 16.7 Å². The van der Waals surface area contributed by atoms with Crippen LogP contribution in [0.4, 0.5) is 0 Å². The minimum atomic E-state index is -0.533. The van der Waals surface area contributed by atoms with E-state index in [0.717, 1.165) is 11.1 Å². The van der Waals surface area contributed by atoms with Gasteiger partial charge in [0.05, 0.1) is 11.1 Å². The Hall–Kier alpha value is -1.58. The fourth-order valence-electron chi connectivity index (χ4n) is 1.50. The van der Waals surface area contributed by atoms with Crippen molar-refractivity contribution in [2.75, 3.05) is 0 Å². The molecule has 0 aliphatic rings. The Morgan fingerprint density at radius 3 is 2.67 bits per heavy atom. The lowest BCUT2D eigenvalue weighted by Gasteiger charge is -2.09. The number of aromatic nitrogens is 1. The molecule has 1 aromatic carbocycles. The Labute approximate surface area is 111 Å². The van der Waals surface area contributed by atoms with E-state index in [9.17, 15) is 5.11 Å². The van der Waals surface area contributed by atoms with E-state index in [1.165, 1.54) is 0 Å². The lowest BCUT2D eigenvalue weighted by atomic mass is 10.2. The predicted molar refractivity (Wildman–Crippen MR) is 71.1 cm³/mol. The molecule has 0 bridgehead atoms. The number of halogens is 1. The molecule has 1 atom stereocenters. The molecule has 2 aromatic rings. The smallest absolute Gasteiger partial charge is 0.219 e. The van der Waals surface area contributed by atoms with Gasteiger partial charge in [-0.15, -0.1) is 0 Å². The van der Waals surface area contributed by atoms with Gasteiger partial charge in [-0.2, -0.15) is 0 Å². The van der Waals surface area contributed by atoms with Crippen molar-refractivity contribution in [1.29, 1.82) is 0 Å². The summed E-state index contributed by atoms with van der Waals surface area (Å²) in [5.41, 5.74) is 1.81. The number of rotatable bonds is 3. The Bertz CT molecular complexity index is 538. The zero-order valence-corrected chi connectivity index (χ0v) is 11.0. The van der Waals surface area contributed by atoms with Crippen molar-refractivity contribution < 1.29 is 9.84 Å². The molecule has 18 heavy (non-hydrogen) atoms. The van der Waals surface area contributed by atoms with Crippen molar-refractivity contribution in [2.45, 2.75) is 20.0 Å². The first-order chi connectivity index (χ1) is 8.56. The lowest BCUT2D eigenvalue weighted by molar-refractivity contribution is 0.198. The van der Waals surface area contributed by atoms with Gasteiger partial charge in [0.15, 0.2) is 0 Å². The first kappa shape index (κ1) is 12.9. The van der Waals surface area contributed by atoms with Crippen LogP contribution in [0.3, 0.4) is 0 Å². The molecule has 3 nitrogen and oxygen atoms in total. The summed E-state index contributed by atoms with van der Waals surface area (Å²) >= 11 is 6.04. The SMILES string of the molecule is Cc1ccc(Cl)c(Oc2ccc([C@@H](C)O)cn2)c1. The van der Waals surface area contributed by atoms with Gasteiger partial charge in [-0.1, -0.05) is 17.7 Å². The van der Waals surface area contributed by atoms with Crippen molar-refractivity contribution in [3.8, 4) is 11.6 Å². The minimum Gasteiger partial charge on any atom is -0.437 e. The molecular weight excluding hydrogens is 250 g/mol. The molecule has 94 valence electrons. The van der Waals surface area contributed by atoms with Crippen molar-refractivity contribution in [3.63, 3.8) is 0 Å². The molecule has 0 fully saturated rings. The third-order valence-electron chi connectivity index (χ3n) is 2.54. The van der Waals surface area contributed by atoms with E-state index in [1.807, 2.05) is 19.1 Å². The molecule has 0 saturated heterocycles. The fourth-order valence-corrected chi connectivity index (χ4v) is 1.66. The molecule has 0 saturated carbocycles. The zero-order chi connectivity index (χ0) is 13.1. The number of hydrogen-bond donors (Lipinski definition) is 1. The molecule has 0 aliphatic carbocycles. The number of benzene rings is 1. The van der Waals surface area contributed by atoms with E-state index in [1.54, 1.807) is 31.3 Å². The van der Waals surface area contributed by atoms with Gasteiger partial charge < -0.3 is 9.84 Å². The summed E-state index contributed by atoms with van der Waals surface area (Å²) < 4.78 is 5.60. The molecule has 2 rings (SSSR count). The van der Waals surface area contributed by atoms with Crippen LogP contribution in [-0.4, -0.2) is 10.1 Å². The average molecular weight is 264 g/mol. The Balaban J connectivity index is 2.21. The number of nitrogens with zero attached hydrogens (tertiary/aromatic N) is 1. The van der Waals surface area contributed by atoms with Crippen LogP contribution >= 0.6 is 11.6 Å². The highest BCUT2D eigenvalue weighted by atomic mass is 35.5. The number of hydrogen-bond acceptors (Lipinski definition) is 3. The van der Waals surface area contributed by atoms with Crippen LogP contribution in [-0.2, 0) is 0 Å². The molecule has 0 amide bonds. The van der Waals surface area contributed by atoms with E-state index in [2.05, 4.69) is 4.98 Å². The third kappa shape index (κ3) is 3.00. The van der Waals surface area contributed by atoms with Crippen molar-refractivity contribution >= 4 is 11.6 Å². The van der Waals surface area contributed by atoms with Gasteiger partial charge in [0.25, 0.3) is 0 Å². The monoisotopic (exact) mass is 263 g/mol. The highest BCUT2D eigenvalue weighted by Gasteiger charge is 2.06. The van der Waals surface area contributed by atoms with Crippen LogP contribution in [0.2, 0.25) is 5.02 Å². The normalized spacial score (nSPS) is 12.2. The van der Waals surface area contributed by atoms with Crippen LogP contribution < -0.4 is 4.74 Å². The first-order valence-electron chi connectivity index (χ1n) is 5.64. The molecule has 0 spiro atoms. The van der Waals surface area contributed by atoms with Gasteiger partial charge in [0.2, 0.25) is 5.88 Å². The van der Waals surface area contributed by atoms with Gasteiger partial charge in [-0.25, -0.2) is 4.98 Å². The summed E-state index contributed by atoms with van der Waals surface area (Å²) in [5, 5.41) is 9.93. The predicted octanol–water partition coefficient (Wildman–Crippen LogP) is 3.89. The van der Waals surface area contributed by atoms with Crippen LogP contribution in [0.1, 0.15) is 24.2 Å². The number of aryl methyl sites for hydroxylation is 1. The van der Waals surface area contributed by atoms with Crippen molar-refractivity contribution in [1.82, 2.24) is 4.98 Å². The van der Waals surface area contributed by atoms with Crippen LogP contribution in [0, 0.1) is 6.92 Å². The summed E-state index contributed by atoms with van der Waals surface area (Å²) in [6, 6.07) is 9.04. The minimum absolute atomic E-state index is 0.451.